The van der Waals surface area contributed by atoms with Gasteiger partial charge in [-0.15, -0.1) is 0 Å². The molecule has 3 aliphatic heterocycles. The van der Waals surface area contributed by atoms with Gasteiger partial charge in [-0.3, -0.25) is 19.7 Å². The molecule has 1 aromatic heterocycles. The van der Waals surface area contributed by atoms with Crippen molar-refractivity contribution in [3.8, 4) is 17.2 Å². The molecule has 45 heavy (non-hydrogen) atoms. The van der Waals surface area contributed by atoms with Crippen LogP contribution in [0, 0.1) is 11.3 Å². The number of nitrogens with zero attached hydrogens (tertiary/aromatic N) is 3. The van der Waals surface area contributed by atoms with Crippen molar-refractivity contribution in [3.63, 3.8) is 0 Å². The quantitative estimate of drug-likeness (QED) is 0.365. The molecule has 11 heteroatoms. The number of hydrogen-bond acceptors (Lipinski definition) is 8. The Morgan fingerprint density at radius 3 is 2.22 bits per heavy atom. The Morgan fingerprint density at radius 1 is 0.867 bits per heavy atom. The van der Waals surface area contributed by atoms with Gasteiger partial charge in [-0.25, -0.2) is 9.69 Å². The second kappa shape index (κ2) is 12.0. The Balaban J connectivity index is 1.42. The number of aromatic nitrogens is 1. The third-order valence-electron chi connectivity index (χ3n) is 9.35. The number of methoxy groups -OCH3 is 3. The Bertz CT molecular complexity index is 1680. The Kier molecular flexibility index (Phi) is 8.13. The zero-order valence-electron chi connectivity index (χ0n) is 26.0. The van der Waals surface area contributed by atoms with Gasteiger partial charge in [0.1, 0.15) is 5.41 Å². The highest BCUT2D eigenvalue weighted by Crippen LogP contribution is 2.43. The van der Waals surface area contributed by atoms with E-state index in [2.05, 4.69) is 10.2 Å². The van der Waals surface area contributed by atoms with E-state index >= 15 is 0 Å². The normalized spacial score (nSPS) is 22.9. The summed E-state index contributed by atoms with van der Waals surface area (Å²) in [6.45, 7) is 3.86. The van der Waals surface area contributed by atoms with E-state index in [0.717, 1.165) is 29.0 Å². The first-order chi connectivity index (χ1) is 21.7. The summed E-state index contributed by atoms with van der Waals surface area (Å²) in [5.74, 6) is 0.178. The molecule has 2 aromatic carbocycles. The zero-order chi connectivity index (χ0) is 31.9. The number of likely N-dealkylation sites (tertiary alicyclic amines) is 1. The van der Waals surface area contributed by atoms with Gasteiger partial charge in [0.25, 0.3) is 11.5 Å². The van der Waals surface area contributed by atoms with Crippen molar-refractivity contribution < 1.29 is 28.6 Å². The van der Waals surface area contributed by atoms with Gasteiger partial charge in [-0.05, 0) is 66.6 Å². The molecule has 4 heterocycles. The maximum absolute atomic E-state index is 14.7. The monoisotopic (exact) mass is 614 g/mol. The number of aryl methyl sites for hydroxylation is 1. The predicted molar refractivity (Wildman–Crippen MR) is 167 cm³/mol. The molecule has 2 bridgehead atoms. The summed E-state index contributed by atoms with van der Waals surface area (Å²) in [4.78, 5) is 57.9. The van der Waals surface area contributed by atoms with E-state index in [4.69, 9.17) is 14.2 Å². The maximum atomic E-state index is 14.7. The third kappa shape index (κ3) is 5.35. The number of amides is 4. The number of imide groups is 2. The number of barbiturate groups is 1. The van der Waals surface area contributed by atoms with Gasteiger partial charge >= 0.3 is 6.03 Å². The summed E-state index contributed by atoms with van der Waals surface area (Å²) in [6.07, 6.45) is 1.71. The van der Waals surface area contributed by atoms with Crippen LogP contribution < -0.4 is 30.0 Å². The summed E-state index contributed by atoms with van der Waals surface area (Å²) < 4.78 is 18.5. The minimum Gasteiger partial charge on any atom is -0.493 e. The fraction of sp³-hybridized carbons (Fsp3) is 0.412. The molecule has 3 aromatic rings. The van der Waals surface area contributed by atoms with Crippen LogP contribution in [0.3, 0.4) is 0 Å². The molecule has 3 atom stereocenters. The lowest BCUT2D eigenvalue weighted by Crippen LogP contribution is -2.68. The number of urea groups is 1. The lowest BCUT2D eigenvalue weighted by Gasteiger charge is -2.47. The van der Waals surface area contributed by atoms with Gasteiger partial charge < -0.3 is 23.7 Å². The van der Waals surface area contributed by atoms with Crippen LogP contribution in [-0.2, 0) is 29.0 Å². The molecule has 11 nitrogen and oxygen atoms in total. The van der Waals surface area contributed by atoms with Crippen molar-refractivity contribution in [3.05, 3.63) is 81.8 Å². The number of ether oxygens (including phenoxy) is 3. The van der Waals surface area contributed by atoms with Crippen molar-refractivity contribution in [1.29, 1.82) is 0 Å². The van der Waals surface area contributed by atoms with Gasteiger partial charge in [-0.2, -0.15) is 0 Å². The van der Waals surface area contributed by atoms with Crippen LogP contribution in [0.25, 0.3) is 0 Å². The highest BCUT2D eigenvalue weighted by atomic mass is 16.5. The fourth-order valence-corrected chi connectivity index (χ4v) is 7.23. The SMILES string of the molecule is CCc1ccc(N2C(=O)NC(=O)C(Cc3cc(OC)c(OC)c(OC)c3)(CN3CC4CC(C3)c3cccc(=O)n3C4)C2=O)cc1. The van der Waals surface area contributed by atoms with Crippen LogP contribution in [-0.4, -0.2) is 68.3 Å². The van der Waals surface area contributed by atoms with E-state index in [-0.39, 0.29) is 30.4 Å². The van der Waals surface area contributed by atoms with Crippen LogP contribution in [0.4, 0.5) is 10.5 Å². The lowest BCUT2D eigenvalue weighted by molar-refractivity contribution is -0.144. The minimum atomic E-state index is -1.66. The zero-order valence-corrected chi connectivity index (χ0v) is 26.0. The molecule has 3 unspecified atom stereocenters. The average Bonchev–Trinajstić information content (AvgIpc) is 3.04. The Labute approximate surface area is 261 Å². The van der Waals surface area contributed by atoms with E-state index in [1.165, 1.54) is 21.3 Å². The van der Waals surface area contributed by atoms with Crippen molar-refractivity contribution in [1.82, 2.24) is 14.8 Å². The molecule has 0 radical (unpaired) electrons. The van der Waals surface area contributed by atoms with E-state index in [0.29, 0.717) is 48.1 Å². The van der Waals surface area contributed by atoms with Crippen LogP contribution in [0.1, 0.15) is 36.1 Å². The summed E-state index contributed by atoms with van der Waals surface area (Å²) in [7, 11) is 4.52. The molecule has 236 valence electrons. The van der Waals surface area contributed by atoms with Crippen LogP contribution in [0.15, 0.2) is 59.4 Å². The highest BCUT2D eigenvalue weighted by molar-refractivity contribution is 6.30. The number of pyridine rings is 1. The smallest absolute Gasteiger partial charge is 0.335 e. The first-order valence-electron chi connectivity index (χ1n) is 15.2. The first-order valence-corrected chi connectivity index (χ1v) is 15.2. The van der Waals surface area contributed by atoms with E-state index in [1.54, 1.807) is 36.4 Å². The van der Waals surface area contributed by atoms with Gasteiger partial charge in [-0.1, -0.05) is 25.1 Å². The largest absolute Gasteiger partial charge is 0.493 e. The molecule has 6 rings (SSSR count). The van der Waals surface area contributed by atoms with Crippen LogP contribution in [0.5, 0.6) is 17.2 Å². The Hall–Kier alpha value is -4.64. The molecule has 4 amide bonds. The number of hydrogen-bond donors (Lipinski definition) is 1. The summed E-state index contributed by atoms with van der Waals surface area (Å²) >= 11 is 0. The molecule has 0 saturated carbocycles. The van der Waals surface area contributed by atoms with Crippen molar-refractivity contribution in [2.45, 2.75) is 38.6 Å². The minimum absolute atomic E-state index is 0.0143. The van der Waals surface area contributed by atoms with E-state index < -0.39 is 23.3 Å². The molecular weight excluding hydrogens is 576 g/mol. The van der Waals surface area contributed by atoms with Crippen LogP contribution >= 0.6 is 0 Å². The van der Waals surface area contributed by atoms with Gasteiger partial charge in [0.05, 0.1) is 27.0 Å². The molecule has 3 aliphatic rings. The first kappa shape index (κ1) is 30.4. The van der Waals surface area contributed by atoms with Crippen molar-refractivity contribution >= 4 is 23.5 Å². The molecule has 0 spiro atoms. The maximum Gasteiger partial charge on any atom is 0.335 e. The summed E-state index contributed by atoms with van der Waals surface area (Å²) in [6, 6.07) is 15.2. The van der Waals surface area contributed by atoms with Gasteiger partial charge in [0.2, 0.25) is 11.7 Å². The fourth-order valence-electron chi connectivity index (χ4n) is 7.23. The highest BCUT2D eigenvalue weighted by Gasteiger charge is 2.56. The number of carbonyl (C=O) groups is 3. The predicted octanol–water partition coefficient (Wildman–Crippen LogP) is 3.37. The third-order valence-corrected chi connectivity index (χ3v) is 9.35. The number of anilines is 1. The second-order valence-corrected chi connectivity index (χ2v) is 12.1. The molecule has 0 aliphatic carbocycles. The molecular formula is C34H38N4O7. The number of benzene rings is 2. The summed E-state index contributed by atoms with van der Waals surface area (Å²) in [5, 5.41) is 2.51. The lowest BCUT2D eigenvalue weighted by atomic mass is 9.75. The summed E-state index contributed by atoms with van der Waals surface area (Å²) in [5.41, 5.74) is 1.35. The molecule has 2 fully saturated rings. The number of fused-ring (bicyclic) bond motifs is 4. The average molecular weight is 615 g/mol. The topological polar surface area (TPSA) is 119 Å². The number of nitrogens with one attached hydrogen (secondary N) is 1. The van der Waals surface area contributed by atoms with E-state index in [1.807, 2.05) is 29.7 Å². The van der Waals surface area contributed by atoms with Gasteiger partial charge in [0, 0.05) is 43.9 Å². The Morgan fingerprint density at radius 2 is 1.58 bits per heavy atom. The molecule has 2 saturated heterocycles. The van der Waals surface area contributed by atoms with E-state index in [9.17, 15) is 19.2 Å². The molecule has 1 N–H and O–H groups in total. The number of piperidine rings is 1. The van der Waals surface area contributed by atoms with Crippen molar-refractivity contribution in [2.75, 3.05) is 45.9 Å². The number of carbonyl (C=O) groups excluding carboxylic acids is 3. The van der Waals surface area contributed by atoms with Gasteiger partial charge in [0.15, 0.2) is 11.5 Å². The van der Waals surface area contributed by atoms with Crippen LogP contribution in [0.2, 0.25) is 0 Å². The van der Waals surface area contributed by atoms with Crippen molar-refractivity contribution in [2.24, 2.45) is 11.3 Å². The second-order valence-electron chi connectivity index (χ2n) is 12.1. The number of rotatable bonds is 9. The standard InChI is InChI=1S/C34H38N4O7/c1-5-21-9-11-25(12-10-21)38-32(41)34(31(40)35-33(38)42,16-22-14-27(43-2)30(45-4)28(15-22)44-3)20-36-17-23-13-24(19-36)26-7-6-8-29(39)37(26)18-23/h6-12,14-15,23-24H,5,13,16-20H2,1-4H3,(H,35,40,42).